The van der Waals surface area contributed by atoms with E-state index in [1.54, 1.807) is 4.68 Å². The van der Waals surface area contributed by atoms with Crippen LogP contribution in [0.25, 0.3) is 0 Å². The Morgan fingerprint density at radius 2 is 2.29 bits per heavy atom. The molecule has 0 unspecified atom stereocenters. The van der Waals surface area contributed by atoms with E-state index in [9.17, 15) is 14.9 Å². The molecule has 0 aliphatic heterocycles. The summed E-state index contributed by atoms with van der Waals surface area (Å²) in [5.74, 6) is -0.216. The van der Waals surface area contributed by atoms with E-state index >= 15 is 0 Å². The predicted molar refractivity (Wildman–Crippen MR) is 86.0 cm³/mol. The summed E-state index contributed by atoms with van der Waals surface area (Å²) in [4.78, 5) is 23.0. The van der Waals surface area contributed by atoms with E-state index in [0.29, 0.717) is 0 Å². The number of aromatic nitrogens is 2. The number of amides is 1. The number of hydrogen-bond donors (Lipinski definition) is 1. The largest absolute Gasteiger partial charge is 0.490 e. The predicted octanol–water partition coefficient (Wildman–Crippen LogP) is 2.14. The molecule has 0 bridgehead atoms. The Labute approximate surface area is 138 Å². The molecule has 8 nitrogen and oxygen atoms in total. The van der Waals surface area contributed by atoms with Gasteiger partial charge in [0.2, 0.25) is 0 Å². The van der Waals surface area contributed by atoms with Gasteiger partial charge in [0.05, 0.1) is 23.8 Å². The molecule has 1 heterocycles. The number of benzene rings is 1. The third-order valence-electron chi connectivity index (χ3n) is 4.16. The molecule has 24 heavy (non-hydrogen) atoms. The number of carbonyl (C=O) groups excluding carboxylic acids is 1. The van der Waals surface area contributed by atoms with Crippen LogP contribution in [0.3, 0.4) is 0 Å². The van der Waals surface area contributed by atoms with Crippen molar-refractivity contribution in [2.24, 2.45) is 7.05 Å². The summed E-state index contributed by atoms with van der Waals surface area (Å²) in [6, 6.07) is 4.06. The number of methoxy groups -OCH3 is 1. The summed E-state index contributed by atoms with van der Waals surface area (Å²) in [6.07, 6.45) is 4.58. The highest BCUT2D eigenvalue weighted by Crippen LogP contribution is 2.30. The molecule has 3 rings (SSSR count). The monoisotopic (exact) mass is 330 g/mol. The van der Waals surface area contributed by atoms with Crippen molar-refractivity contribution in [3.63, 3.8) is 0 Å². The average molecular weight is 330 g/mol. The zero-order valence-corrected chi connectivity index (χ0v) is 13.5. The van der Waals surface area contributed by atoms with E-state index in [1.165, 1.54) is 25.3 Å². The van der Waals surface area contributed by atoms with Gasteiger partial charge >= 0.3 is 5.69 Å². The van der Waals surface area contributed by atoms with Crippen molar-refractivity contribution in [3.05, 3.63) is 51.3 Å². The van der Waals surface area contributed by atoms with Gasteiger partial charge in [-0.05, 0) is 31.4 Å². The van der Waals surface area contributed by atoms with Gasteiger partial charge in [-0.3, -0.25) is 19.6 Å². The zero-order chi connectivity index (χ0) is 17.3. The lowest BCUT2D eigenvalue weighted by molar-refractivity contribution is -0.385. The molecule has 0 saturated carbocycles. The first-order valence-electron chi connectivity index (χ1n) is 7.65. The summed E-state index contributed by atoms with van der Waals surface area (Å²) < 4.78 is 6.70. The number of nitro groups is 1. The fourth-order valence-corrected chi connectivity index (χ4v) is 3.03. The van der Waals surface area contributed by atoms with Gasteiger partial charge in [0, 0.05) is 30.4 Å². The maximum atomic E-state index is 12.5. The van der Waals surface area contributed by atoms with Crippen molar-refractivity contribution in [2.45, 2.75) is 25.3 Å². The standard InChI is InChI=1S/C16H18N4O4/c1-19-9-11-12(4-3-5-13(11)18-19)17-16(21)10-6-7-15(24-2)14(8-10)20(22)23/h6-9,12H,3-5H2,1-2H3,(H,17,21)/t12-/m0/s1. The topological polar surface area (TPSA) is 99.3 Å². The molecule has 2 aromatic rings. The molecule has 1 aliphatic carbocycles. The number of fused-ring (bicyclic) bond motifs is 1. The summed E-state index contributed by atoms with van der Waals surface area (Å²) in [5.41, 5.74) is 2.02. The molecule has 1 atom stereocenters. The van der Waals surface area contributed by atoms with Crippen molar-refractivity contribution in [1.29, 1.82) is 0 Å². The molecule has 1 aromatic carbocycles. The van der Waals surface area contributed by atoms with Gasteiger partial charge in [0.25, 0.3) is 5.91 Å². The van der Waals surface area contributed by atoms with Gasteiger partial charge in [0.1, 0.15) is 0 Å². The van der Waals surface area contributed by atoms with Crippen LogP contribution in [0.4, 0.5) is 5.69 Å². The van der Waals surface area contributed by atoms with Crippen LogP contribution in [-0.4, -0.2) is 27.7 Å². The molecule has 1 N–H and O–H groups in total. The molecule has 126 valence electrons. The molecule has 0 saturated heterocycles. The summed E-state index contributed by atoms with van der Waals surface area (Å²) in [6.45, 7) is 0. The van der Waals surface area contributed by atoms with E-state index in [-0.39, 0.29) is 28.9 Å². The van der Waals surface area contributed by atoms with Crippen LogP contribution in [-0.2, 0) is 13.5 Å². The third kappa shape index (κ3) is 2.94. The molecular weight excluding hydrogens is 312 g/mol. The molecule has 1 amide bonds. The van der Waals surface area contributed by atoms with Gasteiger partial charge in [-0.1, -0.05) is 0 Å². The Kier molecular flexibility index (Phi) is 4.20. The van der Waals surface area contributed by atoms with Crippen LogP contribution < -0.4 is 10.1 Å². The first-order chi connectivity index (χ1) is 11.5. The van der Waals surface area contributed by atoms with Gasteiger partial charge in [-0.25, -0.2) is 0 Å². The Hall–Kier alpha value is -2.90. The van der Waals surface area contributed by atoms with Crippen LogP contribution in [0.1, 0.15) is 40.5 Å². The van der Waals surface area contributed by atoms with E-state index in [4.69, 9.17) is 4.74 Å². The highest BCUT2D eigenvalue weighted by atomic mass is 16.6. The Balaban J connectivity index is 1.83. The average Bonchev–Trinajstić information content (AvgIpc) is 2.95. The maximum Gasteiger partial charge on any atom is 0.311 e. The van der Waals surface area contributed by atoms with Crippen molar-refractivity contribution >= 4 is 11.6 Å². The molecule has 1 aliphatic rings. The molecule has 0 radical (unpaired) electrons. The lowest BCUT2D eigenvalue weighted by Gasteiger charge is -2.22. The third-order valence-corrected chi connectivity index (χ3v) is 4.16. The Morgan fingerprint density at radius 1 is 1.50 bits per heavy atom. The lowest BCUT2D eigenvalue weighted by Crippen LogP contribution is -2.30. The first kappa shape index (κ1) is 16.0. The van der Waals surface area contributed by atoms with E-state index < -0.39 is 4.92 Å². The van der Waals surface area contributed by atoms with Gasteiger partial charge in [-0.2, -0.15) is 5.10 Å². The number of hydrogen-bond acceptors (Lipinski definition) is 5. The number of carbonyl (C=O) groups is 1. The van der Waals surface area contributed by atoms with Crippen LogP contribution in [0, 0.1) is 10.1 Å². The van der Waals surface area contributed by atoms with Crippen molar-refractivity contribution in [1.82, 2.24) is 15.1 Å². The minimum atomic E-state index is -0.560. The maximum absolute atomic E-state index is 12.5. The minimum absolute atomic E-state index is 0.128. The minimum Gasteiger partial charge on any atom is -0.490 e. The normalized spacial score (nSPS) is 16.3. The summed E-state index contributed by atoms with van der Waals surface area (Å²) >= 11 is 0. The first-order valence-corrected chi connectivity index (χ1v) is 7.65. The van der Waals surface area contributed by atoms with E-state index in [2.05, 4.69) is 10.4 Å². The quantitative estimate of drug-likeness (QED) is 0.684. The molecule has 0 fully saturated rings. The number of nitrogens with one attached hydrogen (secondary N) is 1. The second-order valence-electron chi connectivity index (χ2n) is 5.77. The highest BCUT2D eigenvalue weighted by Gasteiger charge is 2.26. The fraction of sp³-hybridized carbons (Fsp3) is 0.375. The number of nitrogens with zero attached hydrogens (tertiary/aromatic N) is 3. The Morgan fingerprint density at radius 3 is 3.00 bits per heavy atom. The van der Waals surface area contributed by atoms with Crippen LogP contribution in [0.15, 0.2) is 24.4 Å². The second-order valence-corrected chi connectivity index (χ2v) is 5.77. The van der Waals surface area contributed by atoms with Crippen molar-refractivity contribution in [2.75, 3.05) is 7.11 Å². The molecule has 0 spiro atoms. The van der Waals surface area contributed by atoms with Gasteiger partial charge < -0.3 is 10.1 Å². The number of ether oxygens (including phenoxy) is 1. The van der Waals surface area contributed by atoms with Crippen LogP contribution in [0.5, 0.6) is 5.75 Å². The number of aryl methyl sites for hydroxylation is 2. The lowest BCUT2D eigenvalue weighted by atomic mass is 9.93. The Bertz CT molecular complexity index is 799. The highest BCUT2D eigenvalue weighted by molar-refractivity contribution is 5.95. The molecule has 1 aromatic heterocycles. The van der Waals surface area contributed by atoms with Crippen molar-refractivity contribution in [3.8, 4) is 5.75 Å². The second kappa shape index (κ2) is 6.31. The SMILES string of the molecule is COc1ccc(C(=O)N[C@H]2CCCc3nn(C)cc32)cc1[N+](=O)[O-]. The van der Waals surface area contributed by atoms with E-state index in [1.807, 2.05) is 13.2 Å². The van der Waals surface area contributed by atoms with Gasteiger partial charge in [-0.15, -0.1) is 0 Å². The number of rotatable bonds is 4. The molecule has 8 heteroatoms. The van der Waals surface area contributed by atoms with Crippen LogP contribution in [0.2, 0.25) is 0 Å². The number of nitro benzene ring substituents is 1. The summed E-state index contributed by atoms with van der Waals surface area (Å²) in [5, 5.41) is 18.4. The smallest absolute Gasteiger partial charge is 0.311 e. The van der Waals surface area contributed by atoms with E-state index in [0.717, 1.165) is 30.5 Å². The van der Waals surface area contributed by atoms with Crippen LogP contribution >= 0.6 is 0 Å². The zero-order valence-electron chi connectivity index (χ0n) is 13.5. The molecular formula is C16H18N4O4. The summed E-state index contributed by atoms with van der Waals surface area (Å²) in [7, 11) is 3.21. The fourth-order valence-electron chi connectivity index (χ4n) is 3.03. The van der Waals surface area contributed by atoms with Gasteiger partial charge in [0.15, 0.2) is 5.75 Å². The van der Waals surface area contributed by atoms with Crippen molar-refractivity contribution < 1.29 is 14.5 Å².